The second kappa shape index (κ2) is 5.11. The van der Waals surface area contributed by atoms with Gasteiger partial charge in [-0.2, -0.15) is 0 Å². The summed E-state index contributed by atoms with van der Waals surface area (Å²) in [5.74, 6) is -0.623. The van der Waals surface area contributed by atoms with Gasteiger partial charge in [0.1, 0.15) is 17.4 Å². The van der Waals surface area contributed by atoms with Gasteiger partial charge in [-0.05, 0) is 48.2 Å². The van der Waals surface area contributed by atoms with Crippen LogP contribution in [0.2, 0.25) is 0 Å². The topological polar surface area (TPSA) is 29.5 Å². The molecule has 4 heteroatoms. The molecule has 2 nitrogen and oxygen atoms in total. The van der Waals surface area contributed by atoms with Crippen molar-refractivity contribution in [2.45, 2.75) is 24.9 Å². The van der Waals surface area contributed by atoms with Crippen LogP contribution in [0, 0.1) is 11.6 Å². The van der Waals surface area contributed by atoms with E-state index >= 15 is 0 Å². The first kappa shape index (κ1) is 14.0. The van der Waals surface area contributed by atoms with Crippen LogP contribution in [0.5, 0.6) is 5.75 Å². The monoisotopic (exact) mass is 290 g/mol. The number of hydrogen-bond donors (Lipinski definition) is 1. The second-order valence-corrected chi connectivity index (χ2v) is 5.43. The number of fused-ring (bicyclic) bond motifs is 1. The number of benzene rings is 2. The molecular weight excluding hydrogens is 274 g/mol. The predicted octanol–water partition coefficient (Wildman–Crippen LogP) is 3.35. The lowest BCUT2D eigenvalue weighted by Gasteiger charge is -2.25. The highest BCUT2D eigenvalue weighted by Gasteiger charge is 2.38. The van der Waals surface area contributed by atoms with Crippen molar-refractivity contribution in [2.24, 2.45) is 0 Å². The fraction of sp³-hybridized carbons (Fsp3) is 0.294. The van der Waals surface area contributed by atoms with E-state index in [0.29, 0.717) is 24.2 Å². The van der Waals surface area contributed by atoms with Gasteiger partial charge in [0.05, 0.1) is 12.7 Å². The quantitative estimate of drug-likeness (QED) is 0.939. The molecule has 0 fully saturated rings. The van der Waals surface area contributed by atoms with Gasteiger partial charge in [0.25, 0.3) is 0 Å². The van der Waals surface area contributed by atoms with Crippen LogP contribution in [0.3, 0.4) is 0 Å². The van der Waals surface area contributed by atoms with Gasteiger partial charge in [0, 0.05) is 12.0 Å². The van der Waals surface area contributed by atoms with Crippen LogP contribution in [-0.4, -0.2) is 12.2 Å². The maximum Gasteiger partial charge on any atom is 0.129 e. The van der Waals surface area contributed by atoms with Crippen LogP contribution in [0.1, 0.15) is 23.1 Å². The summed E-state index contributed by atoms with van der Waals surface area (Å²) in [7, 11) is 1.55. The summed E-state index contributed by atoms with van der Waals surface area (Å²) in [5.41, 5.74) is 0.364. The molecule has 3 rings (SSSR count). The van der Waals surface area contributed by atoms with Crippen molar-refractivity contribution in [1.29, 1.82) is 0 Å². The van der Waals surface area contributed by atoms with Crippen LogP contribution in [0.25, 0.3) is 0 Å². The summed E-state index contributed by atoms with van der Waals surface area (Å²) >= 11 is 0. The average molecular weight is 290 g/mol. The Bertz CT molecular complexity index is 664. The fourth-order valence-electron chi connectivity index (χ4n) is 2.99. The van der Waals surface area contributed by atoms with Crippen LogP contribution < -0.4 is 4.74 Å². The van der Waals surface area contributed by atoms with Gasteiger partial charge in [-0.3, -0.25) is 0 Å². The molecule has 1 aliphatic rings. The largest absolute Gasteiger partial charge is 0.497 e. The lowest BCUT2D eigenvalue weighted by molar-refractivity contribution is 0.0370. The molecule has 0 radical (unpaired) electrons. The molecule has 1 atom stereocenters. The summed E-state index contributed by atoms with van der Waals surface area (Å²) < 4.78 is 32.8. The van der Waals surface area contributed by atoms with Crippen molar-refractivity contribution in [3.05, 3.63) is 64.7 Å². The molecule has 0 aromatic heterocycles. The molecule has 2 aromatic rings. The summed E-state index contributed by atoms with van der Waals surface area (Å²) in [6.07, 6.45) is 1.06. The van der Waals surface area contributed by atoms with E-state index in [0.717, 1.165) is 5.56 Å². The third-order valence-electron chi connectivity index (χ3n) is 4.16. The zero-order chi connectivity index (χ0) is 15.0. The first-order valence-electron chi connectivity index (χ1n) is 6.86. The third kappa shape index (κ3) is 2.40. The zero-order valence-corrected chi connectivity index (χ0v) is 11.7. The van der Waals surface area contributed by atoms with E-state index in [9.17, 15) is 13.9 Å². The van der Waals surface area contributed by atoms with Gasteiger partial charge in [-0.1, -0.05) is 12.1 Å². The molecule has 0 heterocycles. The van der Waals surface area contributed by atoms with Gasteiger partial charge in [0.15, 0.2) is 0 Å². The number of hydrogen-bond acceptors (Lipinski definition) is 2. The summed E-state index contributed by atoms with van der Waals surface area (Å²) in [4.78, 5) is 0. The Kier molecular flexibility index (Phi) is 3.41. The van der Waals surface area contributed by atoms with Crippen LogP contribution in [-0.2, 0) is 18.4 Å². The molecule has 0 saturated carbocycles. The van der Waals surface area contributed by atoms with E-state index in [-0.39, 0.29) is 12.0 Å². The zero-order valence-electron chi connectivity index (χ0n) is 11.7. The fourth-order valence-corrected chi connectivity index (χ4v) is 2.99. The number of methoxy groups -OCH3 is 1. The van der Waals surface area contributed by atoms with Crippen LogP contribution in [0.4, 0.5) is 8.78 Å². The van der Waals surface area contributed by atoms with Crippen molar-refractivity contribution in [2.75, 3.05) is 7.11 Å². The maximum atomic E-state index is 13.8. The Morgan fingerprint density at radius 1 is 1.19 bits per heavy atom. The Balaban J connectivity index is 2.01. The standard InChI is InChI=1S/C17H16F2O2/c1-21-12-6-5-11-7-8-17(20,14(11)9-12)10-13-15(18)3-2-4-16(13)19/h2-6,9,20H,7-8,10H2,1H3. The number of aryl methyl sites for hydroxylation is 1. The number of rotatable bonds is 3. The van der Waals surface area contributed by atoms with Crippen molar-refractivity contribution in [1.82, 2.24) is 0 Å². The minimum atomic E-state index is -1.26. The summed E-state index contributed by atoms with van der Waals surface area (Å²) in [6.45, 7) is 0. The number of halogens is 2. The highest BCUT2D eigenvalue weighted by Crippen LogP contribution is 2.41. The van der Waals surface area contributed by atoms with Crippen molar-refractivity contribution < 1.29 is 18.6 Å². The smallest absolute Gasteiger partial charge is 0.129 e. The number of aliphatic hydroxyl groups is 1. The summed E-state index contributed by atoms with van der Waals surface area (Å²) in [6, 6.07) is 9.22. The highest BCUT2D eigenvalue weighted by atomic mass is 19.1. The minimum Gasteiger partial charge on any atom is -0.497 e. The third-order valence-corrected chi connectivity index (χ3v) is 4.16. The second-order valence-electron chi connectivity index (χ2n) is 5.43. The van der Waals surface area contributed by atoms with E-state index in [2.05, 4.69) is 0 Å². The lowest BCUT2D eigenvalue weighted by atomic mass is 9.88. The van der Waals surface area contributed by atoms with Gasteiger partial charge in [0.2, 0.25) is 0 Å². The Labute approximate surface area is 122 Å². The molecule has 2 aromatic carbocycles. The molecule has 0 saturated heterocycles. The summed E-state index contributed by atoms with van der Waals surface area (Å²) in [5, 5.41) is 10.9. The van der Waals surface area contributed by atoms with Crippen LogP contribution >= 0.6 is 0 Å². The molecule has 0 spiro atoms. The Morgan fingerprint density at radius 3 is 2.57 bits per heavy atom. The molecular formula is C17H16F2O2. The van der Waals surface area contributed by atoms with E-state index in [1.54, 1.807) is 13.2 Å². The molecule has 0 bridgehead atoms. The van der Waals surface area contributed by atoms with Crippen molar-refractivity contribution in [3.63, 3.8) is 0 Å². The molecule has 21 heavy (non-hydrogen) atoms. The molecule has 0 amide bonds. The van der Waals surface area contributed by atoms with Gasteiger partial charge < -0.3 is 9.84 Å². The first-order valence-corrected chi connectivity index (χ1v) is 6.86. The van der Waals surface area contributed by atoms with Gasteiger partial charge in [-0.25, -0.2) is 8.78 Å². The Hall–Kier alpha value is -1.94. The highest BCUT2D eigenvalue weighted by molar-refractivity contribution is 5.44. The van der Waals surface area contributed by atoms with E-state index in [4.69, 9.17) is 4.74 Å². The number of ether oxygens (including phenoxy) is 1. The van der Waals surface area contributed by atoms with E-state index in [1.807, 2.05) is 12.1 Å². The van der Waals surface area contributed by atoms with Crippen LogP contribution in [0.15, 0.2) is 36.4 Å². The minimum absolute atomic E-state index is 0.0735. The molecule has 1 aliphatic carbocycles. The van der Waals surface area contributed by atoms with E-state index < -0.39 is 17.2 Å². The SMILES string of the molecule is COc1ccc2c(c1)C(O)(Cc1c(F)cccc1F)CC2. The van der Waals surface area contributed by atoms with Gasteiger partial charge in [-0.15, -0.1) is 0 Å². The van der Waals surface area contributed by atoms with E-state index in [1.165, 1.54) is 18.2 Å². The average Bonchev–Trinajstić information content (AvgIpc) is 2.80. The van der Waals surface area contributed by atoms with Crippen molar-refractivity contribution >= 4 is 0 Å². The lowest BCUT2D eigenvalue weighted by Crippen LogP contribution is -2.26. The van der Waals surface area contributed by atoms with Gasteiger partial charge >= 0.3 is 0 Å². The van der Waals surface area contributed by atoms with Crippen molar-refractivity contribution in [3.8, 4) is 5.75 Å². The molecule has 1 unspecified atom stereocenters. The normalized spacial score (nSPS) is 20.4. The molecule has 0 aliphatic heterocycles. The first-order chi connectivity index (χ1) is 10.0. The molecule has 1 N–H and O–H groups in total. The Morgan fingerprint density at radius 2 is 1.90 bits per heavy atom. The maximum absolute atomic E-state index is 13.8. The molecule has 110 valence electrons. The predicted molar refractivity (Wildman–Crippen MR) is 75.3 cm³/mol.